The Morgan fingerprint density at radius 2 is 1.67 bits per heavy atom. The van der Waals surface area contributed by atoms with Gasteiger partial charge in [-0.2, -0.15) is 0 Å². The topological polar surface area (TPSA) is 59.0 Å². The molecular formula is C15H22BNO4. The van der Waals surface area contributed by atoms with Gasteiger partial charge >= 0.3 is 7.12 Å². The van der Waals surface area contributed by atoms with E-state index in [1.54, 1.807) is 26.2 Å². The van der Waals surface area contributed by atoms with Gasteiger partial charge in [-0.05, 0) is 45.3 Å². The van der Waals surface area contributed by atoms with Gasteiger partial charge in [0.2, 0.25) is 0 Å². The molecule has 0 unspecified atom stereocenters. The van der Waals surface area contributed by atoms with E-state index in [-0.39, 0.29) is 17.2 Å². The Balaban J connectivity index is 2.28. The number of phenolic OH excluding ortho intramolecular Hbond substituents is 1. The first-order chi connectivity index (χ1) is 9.55. The van der Waals surface area contributed by atoms with Crippen molar-refractivity contribution in [3.63, 3.8) is 0 Å². The molecule has 1 fully saturated rings. The zero-order chi connectivity index (χ0) is 16.0. The molecule has 2 rings (SSSR count). The van der Waals surface area contributed by atoms with Crippen LogP contribution >= 0.6 is 0 Å². The van der Waals surface area contributed by atoms with Crippen molar-refractivity contribution in [1.82, 2.24) is 4.90 Å². The number of carbonyl (C=O) groups excluding carboxylic acids is 1. The van der Waals surface area contributed by atoms with Crippen LogP contribution in [0.1, 0.15) is 38.1 Å². The van der Waals surface area contributed by atoms with Crippen molar-refractivity contribution in [1.29, 1.82) is 0 Å². The molecule has 1 saturated heterocycles. The Bertz CT molecular complexity index is 553. The third kappa shape index (κ3) is 2.78. The predicted octanol–water partition coefficient (Wildman–Crippen LogP) is 1.39. The molecule has 1 amide bonds. The summed E-state index contributed by atoms with van der Waals surface area (Å²) in [5.41, 5.74) is 0.0818. The summed E-state index contributed by atoms with van der Waals surface area (Å²) >= 11 is 0. The van der Waals surface area contributed by atoms with Gasteiger partial charge in [-0.1, -0.05) is 6.07 Å². The number of hydrogen-bond donors (Lipinski definition) is 1. The maximum atomic E-state index is 11.9. The first-order valence-electron chi connectivity index (χ1n) is 6.95. The number of benzene rings is 1. The number of carbonyl (C=O) groups is 1. The van der Waals surface area contributed by atoms with Crippen LogP contribution in [-0.2, 0) is 9.31 Å². The molecule has 0 saturated carbocycles. The van der Waals surface area contributed by atoms with Crippen molar-refractivity contribution in [2.75, 3.05) is 14.1 Å². The molecule has 1 aromatic carbocycles. The number of hydrogen-bond acceptors (Lipinski definition) is 4. The number of rotatable bonds is 2. The Morgan fingerprint density at radius 3 is 2.10 bits per heavy atom. The van der Waals surface area contributed by atoms with Crippen LogP contribution < -0.4 is 5.46 Å². The molecule has 0 aromatic heterocycles. The highest BCUT2D eigenvalue weighted by Gasteiger charge is 2.51. The zero-order valence-corrected chi connectivity index (χ0v) is 13.4. The number of aromatic hydroxyl groups is 1. The summed E-state index contributed by atoms with van der Waals surface area (Å²) in [6.45, 7) is 7.88. The van der Waals surface area contributed by atoms with Gasteiger partial charge in [0.1, 0.15) is 5.75 Å². The maximum Gasteiger partial charge on any atom is 0.494 e. The summed E-state index contributed by atoms with van der Waals surface area (Å²) in [4.78, 5) is 13.3. The molecule has 0 spiro atoms. The Morgan fingerprint density at radius 1 is 1.14 bits per heavy atom. The maximum absolute atomic E-state index is 11.9. The molecule has 1 aromatic rings. The van der Waals surface area contributed by atoms with E-state index < -0.39 is 18.3 Å². The highest BCUT2D eigenvalue weighted by Crippen LogP contribution is 2.36. The smallest absolute Gasteiger partial charge is 0.494 e. The molecule has 114 valence electrons. The van der Waals surface area contributed by atoms with Crippen LogP contribution in [0, 0.1) is 0 Å². The molecule has 0 bridgehead atoms. The average Bonchev–Trinajstić information content (AvgIpc) is 2.57. The standard InChI is InChI=1S/C15H22BNO4/c1-14(2)15(3,4)21-16(20-14)10-7-8-11(12(18)9-10)13(19)17(5)6/h7-9,18H,1-6H3. The molecule has 21 heavy (non-hydrogen) atoms. The van der Waals surface area contributed by atoms with Gasteiger partial charge in [0, 0.05) is 14.1 Å². The zero-order valence-electron chi connectivity index (χ0n) is 13.4. The Labute approximate surface area is 126 Å². The minimum absolute atomic E-state index is 0.0686. The van der Waals surface area contributed by atoms with Gasteiger partial charge < -0.3 is 19.3 Å². The molecule has 0 atom stereocenters. The monoisotopic (exact) mass is 291 g/mol. The van der Waals surface area contributed by atoms with E-state index in [9.17, 15) is 9.90 Å². The lowest BCUT2D eigenvalue weighted by molar-refractivity contribution is 0.00578. The molecule has 0 aliphatic carbocycles. The van der Waals surface area contributed by atoms with Crippen molar-refractivity contribution in [3.8, 4) is 5.75 Å². The van der Waals surface area contributed by atoms with E-state index in [0.29, 0.717) is 5.46 Å². The minimum atomic E-state index is -0.551. The molecule has 1 aliphatic rings. The van der Waals surface area contributed by atoms with Gasteiger partial charge in [-0.15, -0.1) is 0 Å². The fourth-order valence-electron chi connectivity index (χ4n) is 2.10. The highest BCUT2D eigenvalue weighted by atomic mass is 16.7. The van der Waals surface area contributed by atoms with Gasteiger partial charge in [0.15, 0.2) is 0 Å². The first-order valence-corrected chi connectivity index (χ1v) is 6.95. The third-order valence-corrected chi connectivity index (χ3v) is 4.18. The normalized spacial score (nSPS) is 19.6. The molecule has 5 nitrogen and oxygen atoms in total. The molecule has 1 heterocycles. The SMILES string of the molecule is CN(C)C(=O)c1ccc(B2OC(C)(C)C(C)(C)O2)cc1O. The Hall–Kier alpha value is -1.53. The van der Waals surface area contributed by atoms with Gasteiger partial charge in [-0.25, -0.2) is 0 Å². The van der Waals surface area contributed by atoms with E-state index in [1.165, 1.54) is 11.0 Å². The summed E-state index contributed by atoms with van der Waals surface area (Å²) in [5, 5.41) is 10.1. The van der Waals surface area contributed by atoms with Crippen molar-refractivity contribution >= 4 is 18.5 Å². The van der Waals surface area contributed by atoms with Crippen molar-refractivity contribution in [2.45, 2.75) is 38.9 Å². The molecule has 6 heteroatoms. The van der Waals surface area contributed by atoms with Crippen LogP contribution in [0.2, 0.25) is 0 Å². The van der Waals surface area contributed by atoms with Crippen LogP contribution in [0.3, 0.4) is 0 Å². The lowest BCUT2D eigenvalue weighted by Crippen LogP contribution is -2.41. The van der Waals surface area contributed by atoms with Crippen LogP contribution in [0.25, 0.3) is 0 Å². The second kappa shape index (κ2) is 5.03. The van der Waals surface area contributed by atoms with E-state index in [2.05, 4.69) is 0 Å². The van der Waals surface area contributed by atoms with Gasteiger partial charge in [0.25, 0.3) is 5.91 Å². The van der Waals surface area contributed by atoms with Crippen molar-refractivity contribution in [3.05, 3.63) is 23.8 Å². The van der Waals surface area contributed by atoms with Crippen LogP contribution in [0.5, 0.6) is 5.75 Å². The average molecular weight is 291 g/mol. The summed E-state index contributed by atoms with van der Waals surface area (Å²) < 4.78 is 11.8. The number of nitrogens with zero attached hydrogens (tertiary/aromatic N) is 1. The lowest BCUT2D eigenvalue weighted by Gasteiger charge is -2.32. The second-order valence-electron chi connectivity index (χ2n) is 6.56. The third-order valence-electron chi connectivity index (χ3n) is 4.18. The van der Waals surface area contributed by atoms with Gasteiger partial charge in [0.05, 0.1) is 16.8 Å². The minimum Gasteiger partial charge on any atom is -0.507 e. The molecular weight excluding hydrogens is 269 g/mol. The lowest BCUT2D eigenvalue weighted by atomic mass is 9.78. The van der Waals surface area contributed by atoms with Crippen LogP contribution in [-0.4, -0.2) is 48.3 Å². The van der Waals surface area contributed by atoms with Crippen LogP contribution in [0.15, 0.2) is 18.2 Å². The Kier molecular flexibility index (Phi) is 3.80. The highest BCUT2D eigenvalue weighted by molar-refractivity contribution is 6.62. The fraction of sp³-hybridized carbons (Fsp3) is 0.533. The number of phenols is 1. The van der Waals surface area contributed by atoms with Crippen molar-refractivity contribution in [2.24, 2.45) is 0 Å². The fourth-order valence-corrected chi connectivity index (χ4v) is 2.10. The summed E-state index contributed by atoms with van der Waals surface area (Å²) in [5.74, 6) is -0.311. The van der Waals surface area contributed by atoms with E-state index in [0.717, 1.165) is 0 Å². The molecule has 0 radical (unpaired) electrons. The second-order valence-corrected chi connectivity index (χ2v) is 6.56. The van der Waals surface area contributed by atoms with E-state index in [4.69, 9.17) is 9.31 Å². The summed E-state index contributed by atoms with van der Waals surface area (Å²) in [6.07, 6.45) is 0. The summed E-state index contributed by atoms with van der Waals surface area (Å²) in [7, 11) is 2.73. The molecule has 1 aliphatic heterocycles. The van der Waals surface area contributed by atoms with E-state index >= 15 is 0 Å². The summed E-state index contributed by atoms with van der Waals surface area (Å²) in [6, 6.07) is 4.87. The first kappa shape index (κ1) is 15.9. The van der Waals surface area contributed by atoms with Crippen molar-refractivity contribution < 1.29 is 19.2 Å². The largest absolute Gasteiger partial charge is 0.507 e. The molecule has 1 N–H and O–H groups in total. The van der Waals surface area contributed by atoms with E-state index in [1.807, 2.05) is 27.7 Å². The quantitative estimate of drug-likeness (QED) is 0.837. The van der Waals surface area contributed by atoms with Gasteiger partial charge in [-0.3, -0.25) is 4.79 Å². The number of amides is 1. The predicted molar refractivity (Wildman–Crippen MR) is 81.8 cm³/mol. The van der Waals surface area contributed by atoms with Crippen LogP contribution in [0.4, 0.5) is 0 Å².